The van der Waals surface area contributed by atoms with Gasteiger partial charge in [0, 0.05) is 54.0 Å². The summed E-state index contributed by atoms with van der Waals surface area (Å²) in [6, 6.07) is 10.2. The standard InChI is InChI=1S/C29H39N7O3S/c1-10-19(2)27(23-17-30-35(5)18-23)28(37-6)29(32-26-15-20(3)33-34-26)31-21(4)36-14-13-22-16-24(11-12-25(22)36)40(9,38-7)39-8/h11-18H,10H2,1-9H3,(H2,32,33,34)/b27-19+,29-28-,31-21+. The number of ether oxygens (including phenoxy) is 1. The van der Waals surface area contributed by atoms with Crippen LogP contribution in [0.2, 0.25) is 0 Å². The second-order valence-electron chi connectivity index (χ2n) is 9.53. The van der Waals surface area contributed by atoms with E-state index in [-0.39, 0.29) is 0 Å². The quantitative estimate of drug-likeness (QED) is 0.0998. The Balaban J connectivity index is 1.88. The summed E-state index contributed by atoms with van der Waals surface area (Å²) in [5.74, 6) is 2.53. The minimum Gasteiger partial charge on any atom is -0.492 e. The molecule has 10 nitrogen and oxygen atoms in total. The number of hydrogen-bond acceptors (Lipinski definition) is 7. The van der Waals surface area contributed by atoms with Gasteiger partial charge in [0.15, 0.2) is 17.4 Å². The molecule has 0 unspecified atom stereocenters. The second-order valence-corrected chi connectivity index (χ2v) is 12.2. The summed E-state index contributed by atoms with van der Waals surface area (Å²) in [4.78, 5) is 6.09. The number of methoxy groups -OCH3 is 1. The largest absolute Gasteiger partial charge is 0.492 e. The first-order valence-electron chi connectivity index (χ1n) is 13.0. The molecule has 4 aromatic rings. The Labute approximate surface area is 237 Å². The third-order valence-corrected chi connectivity index (χ3v) is 9.28. The number of aromatic amines is 1. The third kappa shape index (κ3) is 5.86. The van der Waals surface area contributed by atoms with Gasteiger partial charge in [0.1, 0.15) is 5.84 Å². The van der Waals surface area contributed by atoms with Crippen molar-refractivity contribution in [3.8, 4) is 0 Å². The molecule has 0 amide bonds. The van der Waals surface area contributed by atoms with Crippen LogP contribution < -0.4 is 5.32 Å². The summed E-state index contributed by atoms with van der Waals surface area (Å²) in [6.07, 6.45) is 8.65. The summed E-state index contributed by atoms with van der Waals surface area (Å²) in [5, 5.41) is 16.2. The molecule has 4 rings (SSSR count). The zero-order valence-corrected chi connectivity index (χ0v) is 25.5. The van der Waals surface area contributed by atoms with Crippen molar-refractivity contribution in [3.63, 3.8) is 0 Å². The van der Waals surface area contributed by atoms with E-state index < -0.39 is 10.6 Å². The maximum Gasteiger partial charge on any atom is 0.176 e. The van der Waals surface area contributed by atoms with Gasteiger partial charge in [-0.2, -0.15) is 20.8 Å². The molecule has 0 bridgehead atoms. The summed E-state index contributed by atoms with van der Waals surface area (Å²) >= 11 is 0. The Kier molecular flexibility index (Phi) is 8.87. The van der Waals surface area contributed by atoms with Gasteiger partial charge >= 0.3 is 0 Å². The number of anilines is 1. The highest BCUT2D eigenvalue weighted by Gasteiger charge is 2.21. The van der Waals surface area contributed by atoms with E-state index in [0.29, 0.717) is 17.4 Å². The van der Waals surface area contributed by atoms with Gasteiger partial charge < -0.3 is 14.6 Å². The molecule has 3 heterocycles. The lowest BCUT2D eigenvalue weighted by Gasteiger charge is -2.36. The Morgan fingerprint density at radius 3 is 2.45 bits per heavy atom. The topological polar surface area (TPSA) is 104 Å². The van der Waals surface area contributed by atoms with Gasteiger partial charge in [-0.3, -0.25) is 18.1 Å². The third-order valence-electron chi connectivity index (χ3n) is 6.90. The molecular formula is C29H39N7O3S. The Morgan fingerprint density at radius 1 is 1.12 bits per heavy atom. The van der Waals surface area contributed by atoms with E-state index in [2.05, 4.69) is 57.2 Å². The van der Waals surface area contributed by atoms with Gasteiger partial charge in [0.05, 0.1) is 37.9 Å². The van der Waals surface area contributed by atoms with E-state index in [1.165, 1.54) is 0 Å². The predicted molar refractivity (Wildman–Crippen MR) is 163 cm³/mol. The number of rotatable bonds is 10. The molecule has 0 radical (unpaired) electrons. The summed E-state index contributed by atoms with van der Waals surface area (Å²) < 4.78 is 21.3. The van der Waals surface area contributed by atoms with Gasteiger partial charge in [0.2, 0.25) is 0 Å². The van der Waals surface area contributed by atoms with Crippen LogP contribution in [-0.4, -0.2) is 58.0 Å². The fourth-order valence-electron chi connectivity index (χ4n) is 4.46. The van der Waals surface area contributed by atoms with Crippen molar-refractivity contribution in [1.29, 1.82) is 0 Å². The zero-order chi connectivity index (χ0) is 29.0. The average molecular weight is 566 g/mol. The van der Waals surface area contributed by atoms with Crippen LogP contribution in [0.15, 0.2) is 76.0 Å². The van der Waals surface area contributed by atoms with Crippen molar-refractivity contribution in [1.82, 2.24) is 24.5 Å². The smallest absolute Gasteiger partial charge is 0.176 e. The number of benzene rings is 1. The molecule has 11 heteroatoms. The number of allylic oxidation sites excluding steroid dienone is 2. The van der Waals surface area contributed by atoms with E-state index in [1.54, 1.807) is 26.0 Å². The fraction of sp³-hybridized carbons (Fsp3) is 0.345. The molecule has 0 fully saturated rings. The Hall–Kier alpha value is -3.80. The molecule has 214 valence electrons. The first-order chi connectivity index (χ1) is 19.1. The number of hydrogen-bond donors (Lipinski definition) is 2. The van der Waals surface area contributed by atoms with Crippen molar-refractivity contribution in [2.24, 2.45) is 12.0 Å². The minimum absolute atomic E-state index is 0.535. The molecule has 0 saturated heterocycles. The minimum atomic E-state index is -1.80. The van der Waals surface area contributed by atoms with Crippen LogP contribution in [0.5, 0.6) is 0 Å². The van der Waals surface area contributed by atoms with Crippen molar-refractivity contribution >= 4 is 38.7 Å². The SMILES string of the molecule is CC/C(C)=C(/C(OC)=C(\N=C(/C)n1ccc2cc(S(C)(OC)OC)ccc21)Nc1cc(C)[nH]n1)c1cnn(C)c1. The van der Waals surface area contributed by atoms with Crippen LogP contribution in [0.3, 0.4) is 0 Å². The number of aliphatic imine (C=N–C) groups is 1. The van der Waals surface area contributed by atoms with Crippen LogP contribution in [0, 0.1) is 6.92 Å². The highest BCUT2D eigenvalue weighted by molar-refractivity contribution is 8.25. The molecule has 1 aromatic carbocycles. The van der Waals surface area contributed by atoms with E-state index in [4.69, 9.17) is 18.1 Å². The van der Waals surface area contributed by atoms with Gasteiger partial charge in [0.25, 0.3) is 0 Å². The first-order valence-corrected chi connectivity index (χ1v) is 14.9. The number of H-pyrrole nitrogens is 1. The van der Waals surface area contributed by atoms with Crippen molar-refractivity contribution in [2.45, 2.75) is 39.0 Å². The number of nitrogens with one attached hydrogen (secondary N) is 2. The molecular weight excluding hydrogens is 526 g/mol. The second kappa shape index (κ2) is 12.2. The normalized spacial score (nSPS) is 14.3. The van der Waals surface area contributed by atoms with Gasteiger partial charge in [-0.05, 0) is 51.5 Å². The molecule has 0 spiro atoms. The number of nitrogens with zero attached hydrogens (tertiary/aromatic N) is 5. The van der Waals surface area contributed by atoms with E-state index in [9.17, 15) is 0 Å². The van der Waals surface area contributed by atoms with Crippen LogP contribution in [0.4, 0.5) is 5.82 Å². The van der Waals surface area contributed by atoms with Gasteiger partial charge in [-0.15, -0.1) is 0 Å². The molecule has 0 atom stereocenters. The number of fused-ring (bicyclic) bond motifs is 1. The summed E-state index contributed by atoms with van der Waals surface area (Å²) in [7, 11) is 5.11. The van der Waals surface area contributed by atoms with Crippen LogP contribution in [0.25, 0.3) is 16.5 Å². The van der Waals surface area contributed by atoms with Crippen molar-refractivity contribution in [3.05, 3.63) is 77.3 Å². The van der Waals surface area contributed by atoms with E-state index in [1.807, 2.05) is 57.9 Å². The predicted octanol–water partition coefficient (Wildman–Crippen LogP) is 6.40. The molecule has 0 aliphatic carbocycles. The number of aromatic nitrogens is 5. The van der Waals surface area contributed by atoms with Crippen LogP contribution in [0.1, 0.15) is 38.4 Å². The maximum atomic E-state index is 6.07. The van der Waals surface area contributed by atoms with Crippen molar-refractivity contribution in [2.75, 3.05) is 32.9 Å². The van der Waals surface area contributed by atoms with Gasteiger partial charge in [-0.1, -0.05) is 12.5 Å². The lowest BCUT2D eigenvalue weighted by atomic mass is 10.00. The van der Waals surface area contributed by atoms with E-state index in [0.717, 1.165) is 50.5 Å². The molecule has 3 aromatic heterocycles. The van der Waals surface area contributed by atoms with Crippen LogP contribution >= 0.6 is 10.6 Å². The maximum absolute atomic E-state index is 6.07. The summed E-state index contributed by atoms with van der Waals surface area (Å²) in [6.45, 7) is 8.15. The van der Waals surface area contributed by atoms with Gasteiger partial charge in [-0.25, -0.2) is 4.99 Å². The summed E-state index contributed by atoms with van der Waals surface area (Å²) in [5.41, 5.74) is 4.98. The fourth-order valence-corrected chi connectivity index (χ4v) is 5.64. The first kappa shape index (κ1) is 29.2. The molecule has 0 aliphatic rings. The molecule has 0 aliphatic heterocycles. The van der Waals surface area contributed by atoms with Crippen molar-refractivity contribution < 1.29 is 13.1 Å². The lowest BCUT2D eigenvalue weighted by molar-refractivity contribution is 0.306. The highest BCUT2D eigenvalue weighted by atomic mass is 32.3. The lowest BCUT2D eigenvalue weighted by Crippen LogP contribution is -2.12. The van der Waals surface area contributed by atoms with E-state index >= 15 is 0 Å². The Bertz CT molecular complexity index is 1590. The molecule has 0 saturated carbocycles. The number of aryl methyl sites for hydroxylation is 2. The molecule has 40 heavy (non-hydrogen) atoms. The Morgan fingerprint density at radius 2 is 1.88 bits per heavy atom. The van der Waals surface area contributed by atoms with Crippen LogP contribution in [-0.2, 0) is 20.2 Å². The molecule has 2 N–H and O–H groups in total. The highest BCUT2D eigenvalue weighted by Crippen LogP contribution is 2.53. The monoisotopic (exact) mass is 565 g/mol. The average Bonchev–Trinajstić information content (AvgIpc) is 3.69. The zero-order valence-electron chi connectivity index (χ0n) is 24.7.